The summed E-state index contributed by atoms with van der Waals surface area (Å²) in [6.07, 6.45) is 0.320. The van der Waals surface area contributed by atoms with Crippen LogP contribution in [0.1, 0.15) is 24.2 Å². The first-order valence-electron chi connectivity index (χ1n) is 6.16. The van der Waals surface area contributed by atoms with Crippen molar-refractivity contribution < 1.29 is 13.2 Å². The highest BCUT2D eigenvalue weighted by Crippen LogP contribution is 2.31. The molecular weight excluding hydrogens is 250 g/mol. The minimum atomic E-state index is -3.30. The van der Waals surface area contributed by atoms with E-state index in [0.717, 1.165) is 5.56 Å². The maximum Gasteiger partial charge on any atom is 0.164 e. The summed E-state index contributed by atoms with van der Waals surface area (Å²) in [5, 5.41) is -1.07. The van der Waals surface area contributed by atoms with Crippen LogP contribution in [0.5, 0.6) is 0 Å². The largest absolute Gasteiger partial charge is 0.377 e. The van der Waals surface area contributed by atoms with Crippen molar-refractivity contribution in [2.45, 2.75) is 29.9 Å². The zero-order valence-electron chi connectivity index (χ0n) is 10.5. The molecule has 1 aliphatic rings. The van der Waals surface area contributed by atoms with E-state index in [-0.39, 0.29) is 12.6 Å². The maximum atomic E-state index is 12.6. The van der Waals surface area contributed by atoms with Crippen molar-refractivity contribution >= 4 is 9.84 Å². The molecule has 5 heteroatoms. The van der Waals surface area contributed by atoms with Gasteiger partial charge in [-0.3, -0.25) is 0 Å². The van der Waals surface area contributed by atoms with Crippen molar-refractivity contribution in [3.05, 3.63) is 35.9 Å². The highest BCUT2D eigenvalue weighted by atomic mass is 32.2. The van der Waals surface area contributed by atoms with Gasteiger partial charge >= 0.3 is 0 Å². The monoisotopic (exact) mass is 269 g/mol. The third kappa shape index (κ3) is 2.43. The molecule has 1 aromatic rings. The molecule has 2 rings (SSSR count). The quantitative estimate of drug-likeness (QED) is 0.894. The summed E-state index contributed by atoms with van der Waals surface area (Å²) in [7, 11) is -3.30. The van der Waals surface area contributed by atoms with Gasteiger partial charge in [-0.25, -0.2) is 8.42 Å². The number of hydrogen-bond acceptors (Lipinski definition) is 4. The molecule has 1 heterocycles. The number of nitrogens with two attached hydrogens (primary N) is 1. The van der Waals surface area contributed by atoms with Crippen molar-refractivity contribution in [2.75, 3.05) is 13.2 Å². The first-order valence-corrected chi connectivity index (χ1v) is 7.77. The third-order valence-electron chi connectivity index (χ3n) is 3.51. The van der Waals surface area contributed by atoms with Gasteiger partial charge in [0.1, 0.15) is 0 Å². The SMILES string of the molecule is CC1OCCC1S(=O)(=O)C(CN)c1ccccc1. The lowest BCUT2D eigenvalue weighted by atomic mass is 10.1. The molecule has 0 bridgehead atoms. The lowest BCUT2D eigenvalue weighted by Crippen LogP contribution is -2.35. The number of sulfone groups is 1. The summed E-state index contributed by atoms with van der Waals surface area (Å²) < 4.78 is 30.6. The number of hydrogen-bond donors (Lipinski definition) is 1. The van der Waals surface area contributed by atoms with Gasteiger partial charge in [0.25, 0.3) is 0 Å². The van der Waals surface area contributed by atoms with E-state index in [1.54, 1.807) is 0 Å². The number of benzene rings is 1. The molecule has 1 aliphatic heterocycles. The number of ether oxygens (including phenoxy) is 1. The standard InChI is InChI=1S/C13H19NO3S/c1-10-12(7-8-17-10)18(15,16)13(9-14)11-5-3-2-4-6-11/h2-6,10,12-13H,7-9,14H2,1H3. The van der Waals surface area contributed by atoms with Gasteiger partial charge in [0, 0.05) is 13.2 Å². The van der Waals surface area contributed by atoms with Crippen LogP contribution in [-0.4, -0.2) is 32.9 Å². The van der Waals surface area contributed by atoms with Crippen LogP contribution >= 0.6 is 0 Å². The van der Waals surface area contributed by atoms with Crippen molar-refractivity contribution in [1.29, 1.82) is 0 Å². The molecule has 0 aromatic heterocycles. The highest BCUT2D eigenvalue weighted by Gasteiger charge is 2.40. The van der Waals surface area contributed by atoms with Crippen LogP contribution in [0.3, 0.4) is 0 Å². The minimum Gasteiger partial charge on any atom is -0.377 e. The molecule has 3 atom stereocenters. The first-order chi connectivity index (χ1) is 8.57. The van der Waals surface area contributed by atoms with Crippen LogP contribution in [0.2, 0.25) is 0 Å². The molecule has 0 radical (unpaired) electrons. The second kappa shape index (κ2) is 5.38. The second-order valence-corrected chi connectivity index (χ2v) is 6.98. The summed E-state index contributed by atoms with van der Waals surface area (Å²) in [6.45, 7) is 2.43. The van der Waals surface area contributed by atoms with Gasteiger partial charge in [0.15, 0.2) is 9.84 Å². The molecule has 1 saturated heterocycles. The van der Waals surface area contributed by atoms with Crippen molar-refractivity contribution in [1.82, 2.24) is 0 Å². The van der Waals surface area contributed by atoms with Crippen LogP contribution in [0.4, 0.5) is 0 Å². The van der Waals surface area contributed by atoms with Crippen LogP contribution in [0.25, 0.3) is 0 Å². The lowest BCUT2D eigenvalue weighted by molar-refractivity contribution is 0.126. The normalized spacial score (nSPS) is 26.1. The average molecular weight is 269 g/mol. The third-order valence-corrected chi connectivity index (χ3v) is 6.23. The molecule has 1 aromatic carbocycles. The van der Waals surface area contributed by atoms with Crippen LogP contribution in [0.15, 0.2) is 30.3 Å². The predicted molar refractivity (Wildman–Crippen MR) is 71.0 cm³/mol. The fourth-order valence-electron chi connectivity index (χ4n) is 2.48. The molecule has 0 amide bonds. The molecule has 1 fully saturated rings. The highest BCUT2D eigenvalue weighted by molar-refractivity contribution is 7.92. The minimum absolute atomic E-state index is 0.107. The Balaban J connectivity index is 2.32. The predicted octanol–water partition coefficient (Wildman–Crippen LogP) is 1.28. The van der Waals surface area contributed by atoms with E-state index in [2.05, 4.69) is 0 Å². The summed E-state index contributed by atoms with van der Waals surface area (Å²) >= 11 is 0. The Morgan fingerprint density at radius 3 is 2.56 bits per heavy atom. The zero-order valence-corrected chi connectivity index (χ0v) is 11.3. The Labute approximate surface area is 108 Å². The molecule has 3 unspecified atom stereocenters. The van der Waals surface area contributed by atoms with Gasteiger partial charge in [-0.2, -0.15) is 0 Å². The van der Waals surface area contributed by atoms with E-state index in [4.69, 9.17) is 10.5 Å². The summed E-state index contributed by atoms with van der Waals surface area (Å²) in [5.41, 5.74) is 6.45. The Morgan fingerprint density at radius 1 is 1.39 bits per heavy atom. The summed E-state index contributed by atoms with van der Waals surface area (Å²) in [6, 6.07) is 9.17. The van der Waals surface area contributed by atoms with Crippen molar-refractivity contribution in [3.8, 4) is 0 Å². The van der Waals surface area contributed by atoms with Crippen LogP contribution < -0.4 is 5.73 Å². The van der Waals surface area contributed by atoms with Gasteiger partial charge in [-0.1, -0.05) is 30.3 Å². The lowest BCUT2D eigenvalue weighted by Gasteiger charge is -2.22. The molecule has 0 spiro atoms. The van der Waals surface area contributed by atoms with Crippen LogP contribution in [-0.2, 0) is 14.6 Å². The van der Waals surface area contributed by atoms with Gasteiger partial charge < -0.3 is 10.5 Å². The number of rotatable bonds is 4. The van der Waals surface area contributed by atoms with Crippen LogP contribution in [0, 0.1) is 0 Å². The van der Waals surface area contributed by atoms with E-state index in [1.807, 2.05) is 37.3 Å². The zero-order chi connectivity index (χ0) is 13.2. The fraction of sp³-hybridized carbons (Fsp3) is 0.538. The summed E-state index contributed by atoms with van der Waals surface area (Å²) in [5.74, 6) is 0. The average Bonchev–Trinajstić information content (AvgIpc) is 2.78. The van der Waals surface area contributed by atoms with E-state index >= 15 is 0 Å². The molecule has 0 aliphatic carbocycles. The van der Waals surface area contributed by atoms with E-state index in [9.17, 15) is 8.42 Å². The molecule has 0 saturated carbocycles. The maximum absolute atomic E-state index is 12.6. The van der Waals surface area contributed by atoms with E-state index in [1.165, 1.54) is 0 Å². The Bertz CT molecular complexity index is 486. The Hall–Kier alpha value is -0.910. The molecule has 18 heavy (non-hydrogen) atoms. The smallest absolute Gasteiger partial charge is 0.164 e. The summed E-state index contributed by atoms with van der Waals surface area (Å²) in [4.78, 5) is 0. The Kier molecular flexibility index (Phi) is 4.04. The topological polar surface area (TPSA) is 69.4 Å². The van der Waals surface area contributed by atoms with E-state index in [0.29, 0.717) is 13.0 Å². The molecule has 100 valence electrons. The second-order valence-electron chi connectivity index (χ2n) is 4.63. The first kappa shape index (κ1) is 13.5. The molecule has 2 N–H and O–H groups in total. The van der Waals surface area contributed by atoms with Crippen molar-refractivity contribution in [2.24, 2.45) is 5.73 Å². The van der Waals surface area contributed by atoms with Crippen molar-refractivity contribution in [3.63, 3.8) is 0 Å². The fourth-order valence-corrected chi connectivity index (χ4v) is 4.75. The van der Waals surface area contributed by atoms with E-state index < -0.39 is 20.3 Å². The van der Waals surface area contributed by atoms with Gasteiger partial charge in [0.05, 0.1) is 16.6 Å². The molecule has 4 nitrogen and oxygen atoms in total. The Morgan fingerprint density at radius 2 is 2.06 bits per heavy atom. The van der Waals surface area contributed by atoms with Gasteiger partial charge in [0.2, 0.25) is 0 Å². The van der Waals surface area contributed by atoms with Gasteiger partial charge in [-0.15, -0.1) is 0 Å². The van der Waals surface area contributed by atoms with Gasteiger partial charge in [-0.05, 0) is 18.9 Å². The molecular formula is C13H19NO3S.